The first-order valence-corrected chi connectivity index (χ1v) is 5.08. The highest BCUT2D eigenvalue weighted by Crippen LogP contribution is 2.15. The number of nitrogens with zero attached hydrogens (tertiary/aromatic N) is 2. The molecule has 0 fully saturated rings. The largest absolute Gasteiger partial charge is 0.306 e. The summed E-state index contributed by atoms with van der Waals surface area (Å²) in [5.41, 5.74) is 0.209. The topological polar surface area (TPSA) is 54.9 Å². The summed E-state index contributed by atoms with van der Waals surface area (Å²) in [6.07, 6.45) is 2.80. The molecular weight excluding hydrogens is 245 g/mol. The molecule has 0 unspecified atom stereocenters. The van der Waals surface area contributed by atoms with Crippen LogP contribution in [-0.4, -0.2) is 15.9 Å². The third-order valence-electron chi connectivity index (χ3n) is 1.97. The molecule has 0 aliphatic heterocycles. The molecule has 0 radical (unpaired) electrons. The summed E-state index contributed by atoms with van der Waals surface area (Å²) in [6, 6.07) is 5.61. The highest BCUT2D eigenvalue weighted by Gasteiger charge is 2.11. The van der Waals surface area contributed by atoms with E-state index in [4.69, 9.17) is 11.6 Å². The number of halogens is 2. The Balaban J connectivity index is 2.20. The van der Waals surface area contributed by atoms with Gasteiger partial charge in [-0.1, -0.05) is 17.7 Å². The summed E-state index contributed by atoms with van der Waals surface area (Å²) in [6.45, 7) is 0. The van der Waals surface area contributed by atoms with Crippen LogP contribution >= 0.6 is 11.6 Å². The zero-order valence-electron chi connectivity index (χ0n) is 8.52. The fourth-order valence-corrected chi connectivity index (χ4v) is 1.40. The minimum atomic E-state index is -0.667. The second-order valence-corrected chi connectivity index (χ2v) is 3.56. The third-order valence-corrected chi connectivity index (χ3v) is 2.30. The van der Waals surface area contributed by atoms with Gasteiger partial charge in [0.25, 0.3) is 5.91 Å². The van der Waals surface area contributed by atoms with Crippen LogP contribution in [-0.2, 0) is 0 Å². The van der Waals surface area contributed by atoms with E-state index in [1.165, 1.54) is 36.7 Å². The van der Waals surface area contributed by atoms with Crippen molar-refractivity contribution in [1.82, 2.24) is 9.97 Å². The summed E-state index contributed by atoms with van der Waals surface area (Å²) in [5, 5.41) is 2.70. The van der Waals surface area contributed by atoms with Crippen molar-refractivity contribution in [2.45, 2.75) is 0 Å². The Labute approximate surface area is 101 Å². The van der Waals surface area contributed by atoms with Gasteiger partial charge < -0.3 is 5.32 Å². The van der Waals surface area contributed by atoms with Gasteiger partial charge in [0, 0.05) is 12.4 Å². The molecule has 2 heterocycles. The Morgan fingerprint density at radius 2 is 2.18 bits per heavy atom. The smallest absolute Gasteiger partial charge is 0.259 e. The van der Waals surface area contributed by atoms with Crippen LogP contribution in [0.4, 0.5) is 10.2 Å². The fraction of sp³-hybridized carbons (Fsp3) is 0. The maximum atomic E-state index is 12.8. The first-order chi connectivity index (χ1) is 8.16. The SMILES string of the molecule is O=C(Nc1cccc(F)n1)c1cnccc1Cl. The van der Waals surface area contributed by atoms with Crippen LogP contribution in [0.3, 0.4) is 0 Å². The molecule has 1 amide bonds. The minimum absolute atomic E-state index is 0.120. The average molecular weight is 252 g/mol. The van der Waals surface area contributed by atoms with E-state index >= 15 is 0 Å². The molecule has 86 valence electrons. The number of aromatic nitrogens is 2. The van der Waals surface area contributed by atoms with E-state index < -0.39 is 11.9 Å². The van der Waals surface area contributed by atoms with Gasteiger partial charge in [-0.05, 0) is 18.2 Å². The van der Waals surface area contributed by atoms with Crippen molar-refractivity contribution < 1.29 is 9.18 Å². The maximum Gasteiger partial charge on any atom is 0.259 e. The standard InChI is InChI=1S/C11H7ClFN3O/c12-8-4-5-14-6-7(8)11(17)16-10-3-1-2-9(13)15-10/h1-6H,(H,15,16,17). The number of anilines is 1. The Bertz CT molecular complexity index is 562. The molecule has 0 aromatic carbocycles. The summed E-state index contributed by atoms with van der Waals surface area (Å²) < 4.78 is 12.8. The van der Waals surface area contributed by atoms with E-state index in [-0.39, 0.29) is 16.4 Å². The van der Waals surface area contributed by atoms with Gasteiger partial charge in [0.15, 0.2) is 0 Å². The zero-order chi connectivity index (χ0) is 12.3. The van der Waals surface area contributed by atoms with Crippen molar-refractivity contribution in [2.24, 2.45) is 0 Å². The van der Waals surface area contributed by atoms with Gasteiger partial charge in [0.1, 0.15) is 5.82 Å². The lowest BCUT2D eigenvalue weighted by atomic mass is 10.2. The quantitative estimate of drug-likeness (QED) is 0.835. The minimum Gasteiger partial charge on any atom is -0.306 e. The molecule has 4 nitrogen and oxygen atoms in total. The number of rotatable bonds is 2. The van der Waals surface area contributed by atoms with E-state index in [0.717, 1.165) is 0 Å². The van der Waals surface area contributed by atoms with Gasteiger partial charge in [-0.15, -0.1) is 0 Å². The molecule has 2 rings (SSSR count). The second kappa shape index (κ2) is 4.88. The van der Waals surface area contributed by atoms with Gasteiger partial charge in [-0.3, -0.25) is 9.78 Å². The van der Waals surface area contributed by atoms with E-state index in [1.54, 1.807) is 0 Å². The first kappa shape index (κ1) is 11.5. The highest BCUT2D eigenvalue weighted by atomic mass is 35.5. The Morgan fingerprint density at radius 1 is 1.35 bits per heavy atom. The highest BCUT2D eigenvalue weighted by molar-refractivity contribution is 6.34. The molecule has 0 saturated carbocycles. The van der Waals surface area contributed by atoms with Crippen molar-refractivity contribution in [3.05, 3.63) is 53.2 Å². The summed E-state index contributed by atoms with van der Waals surface area (Å²) in [7, 11) is 0. The summed E-state index contributed by atoms with van der Waals surface area (Å²) >= 11 is 5.82. The Hall–Kier alpha value is -2.01. The number of carbonyl (C=O) groups excluding carboxylic acids is 1. The van der Waals surface area contributed by atoms with Crippen LogP contribution in [0.2, 0.25) is 5.02 Å². The van der Waals surface area contributed by atoms with Gasteiger partial charge in [0.2, 0.25) is 5.95 Å². The van der Waals surface area contributed by atoms with Crippen LogP contribution in [0.1, 0.15) is 10.4 Å². The summed E-state index contributed by atoms with van der Waals surface area (Å²) in [5.74, 6) is -1.03. The van der Waals surface area contributed by atoms with Crippen molar-refractivity contribution in [1.29, 1.82) is 0 Å². The zero-order valence-corrected chi connectivity index (χ0v) is 9.28. The lowest BCUT2D eigenvalue weighted by molar-refractivity contribution is 0.102. The monoisotopic (exact) mass is 251 g/mol. The molecule has 0 aliphatic carbocycles. The molecule has 0 atom stereocenters. The Kier molecular flexibility index (Phi) is 3.30. The summed E-state index contributed by atoms with van der Waals surface area (Å²) in [4.78, 5) is 19.0. The van der Waals surface area contributed by atoms with E-state index in [2.05, 4.69) is 15.3 Å². The van der Waals surface area contributed by atoms with Crippen LogP contribution in [0.5, 0.6) is 0 Å². The number of hydrogen-bond donors (Lipinski definition) is 1. The van der Waals surface area contributed by atoms with Crippen LogP contribution in [0.15, 0.2) is 36.7 Å². The van der Waals surface area contributed by atoms with E-state index in [9.17, 15) is 9.18 Å². The molecule has 1 N–H and O–H groups in total. The third kappa shape index (κ3) is 2.76. The van der Waals surface area contributed by atoms with E-state index in [0.29, 0.717) is 0 Å². The van der Waals surface area contributed by atoms with E-state index in [1.807, 2.05) is 0 Å². The number of hydrogen-bond acceptors (Lipinski definition) is 3. The Morgan fingerprint density at radius 3 is 2.88 bits per heavy atom. The molecular formula is C11H7ClFN3O. The van der Waals surface area contributed by atoms with Gasteiger partial charge in [-0.25, -0.2) is 4.98 Å². The van der Waals surface area contributed by atoms with Crippen molar-refractivity contribution in [3.63, 3.8) is 0 Å². The van der Waals surface area contributed by atoms with Crippen molar-refractivity contribution >= 4 is 23.3 Å². The second-order valence-electron chi connectivity index (χ2n) is 3.16. The van der Waals surface area contributed by atoms with Crippen LogP contribution in [0, 0.1) is 5.95 Å². The molecule has 2 aromatic rings. The van der Waals surface area contributed by atoms with Gasteiger partial charge in [0.05, 0.1) is 10.6 Å². The van der Waals surface area contributed by atoms with Crippen LogP contribution < -0.4 is 5.32 Å². The number of pyridine rings is 2. The lowest BCUT2D eigenvalue weighted by Gasteiger charge is -2.04. The van der Waals surface area contributed by atoms with Crippen molar-refractivity contribution in [2.75, 3.05) is 5.32 Å². The fourth-order valence-electron chi connectivity index (χ4n) is 1.21. The molecule has 2 aromatic heterocycles. The predicted molar refractivity (Wildman–Crippen MR) is 61.4 cm³/mol. The number of nitrogens with one attached hydrogen (secondary N) is 1. The lowest BCUT2D eigenvalue weighted by Crippen LogP contribution is -2.14. The van der Waals surface area contributed by atoms with Crippen molar-refractivity contribution in [3.8, 4) is 0 Å². The van der Waals surface area contributed by atoms with Gasteiger partial charge >= 0.3 is 0 Å². The molecule has 0 saturated heterocycles. The normalized spacial score (nSPS) is 10.0. The first-order valence-electron chi connectivity index (χ1n) is 4.70. The number of amides is 1. The molecule has 0 spiro atoms. The molecule has 0 bridgehead atoms. The van der Waals surface area contributed by atoms with Crippen LogP contribution in [0.25, 0.3) is 0 Å². The molecule has 17 heavy (non-hydrogen) atoms. The predicted octanol–water partition coefficient (Wildman–Crippen LogP) is 2.52. The molecule has 0 aliphatic rings. The van der Waals surface area contributed by atoms with Gasteiger partial charge in [-0.2, -0.15) is 4.39 Å². The molecule has 6 heteroatoms. The maximum absolute atomic E-state index is 12.8. The number of carbonyl (C=O) groups is 1. The average Bonchev–Trinajstić information content (AvgIpc) is 2.29.